The van der Waals surface area contributed by atoms with Gasteiger partial charge in [0.05, 0.1) is 5.56 Å². The van der Waals surface area contributed by atoms with Crippen LogP contribution in [0, 0.1) is 0 Å². The van der Waals surface area contributed by atoms with Gasteiger partial charge in [-0.2, -0.15) is 0 Å². The molecule has 0 fully saturated rings. The Bertz CT molecular complexity index is 614. The molecule has 4 nitrogen and oxygen atoms in total. The summed E-state index contributed by atoms with van der Waals surface area (Å²) < 4.78 is 0.947. The first-order valence-electron chi connectivity index (χ1n) is 5.85. The maximum Gasteiger partial charge on any atom is 0.335 e. The number of carbonyl (C=O) groups is 1. The van der Waals surface area contributed by atoms with Crippen molar-refractivity contribution in [2.24, 2.45) is 0 Å². The molecule has 1 heterocycles. The van der Waals surface area contributed by atoms with E-state index < -0.39 is 5.97 Å². The number of anilines is 2. The summed E-state index contributed by atoms with van der Waals surface area (Å²) in [5, 5.41) is 12.2. The van der Waals surface area contributed by atoms with Gasteiger partial charge < -0.3 is 10.4 Å². The van der Waals surface area contributed by atoms with Crippen LogP contribution in [0.5, 0.6) is 0 Å². The first kappa shape index (κ1) is 13.5. The van der Waals surface area contributed by atoms with Crippen molar-refractivity contribution in [2.75, 3.05) is 5.32 Å². The number of pyridine rings is 1. The lowest BCUT2D eigenvalue weighted by Gasteiger charge is -2.08. The van der Waals surface area contributed by atoms with Crippen LogP contribution in [0.25, 0.3) is 0 Å². The Morgan fingerprint density at radius 2 is 2.16 bits per heavy atom. The molecule has 0 aliphatic carbocycles. The Morgan fingerprint density at radius 3 is 2.79 bits per heavy atom. The van der Waals surface area contributed by atoms with Gasteiger partial charge in [0.25, 0.3) is 0 Å². The number of hydrogen-bond acceptors (Lipinski definition) is 3. The minimum Gasteiger partial charge on any atom is -0.478 e. The summed E-state index contributed by atoms with van der Waals surface area (Å²) in [5.41, 5.74) is 1.84. The van der Waals surface area contributed by atoms with Gasteiger partial charge >= 0.3 is 5.97 Å². The smallest absolute Gasteiger partial charge is 0.335 e. The van der Waals surface area contributed by atoms with Crippen molar-refractivity contribution in [2.45, 2.75) is 13.3 Å². The molecule has 0 amide bonds. The number of carboxylic acids is 1. The number of aromatic nitrogens is 1. The molecule has 2 rings (SSSR count). The summed E-state index contributed by atoms with van der Waals surface area (Å²) in [5.74, 6) is -0.413. The molecule has 0 aliphatic heterocycles. The van der Waals surface area contributed by atoms with Gasteiger partial charge in [-0.25, -0.2) is 9.78 Å². The number of rotatable bonds is 4. The molecule has 2 N–H and O–H groups in total. The van der Waals surface area contributed by atoms with Crippen LogP contribution in [0.4, 0.5) is 11.5 Å². The number of hydrogen-bond donors (Lipinski definition) is 2. The Hall–Kier alpha value is -1.88. The standard InChI is InChI=1S/C14H13BrN2O2/c1-2-11-6-9(14(18)19)7-13(16-11)17-12-5-3-4-10(15)8-12/h3-8H,2H2,1H3,(H,16,17)(H,18,19). The van der Waals surface area contributed by atoms with Crippen LogP contribution in [-0.4, -0.2) is 16.1 Å². The predicted octanol–water partition coefficient (Wildman–Crippen LogP) is 3.85. The summed E-state index contributed by atoms with van der Waals surface area (Å²) in [6.45, 7) is 1.94. The van der Waals surface area contributed by atoms with E-state index in [9.17, 15) is 4.79 Å². The maximum atomic E-state index is 11.1. The van der Waals surface area contributed by atoms with Crippen molar-refractivity contribution >= 4 is 33.4 Å². The zero-order valence-electron chi connectivity index (χ0n) is 10.4. The fourth-order valence-electron chi connectivity index (χ4n) is 1.67. The molecule has 0 saturated heterocycles. The number of benzene rings is 1. The van der Waals surface area contributed by atoms with Crippen LogP contribution in [-0.2, 0) is 6.42 Å². The normalized spacial score (nSPS) is 10.2. The van der Waals surface area contributed by atoms with Crippen LogP contribution >= 0.6 is 15.9 Å². The van der Waals surface area contributed by atoms with E-state index >= 15 is 0 Å². The van der Waals surface area contributed by atoms with Gasteiger partial charge in [0.15, 0.2) is 0 Å². The lowest BCUT2D eigenvalue weighted by atomic mass is 10.2. The molecular formula is C14H13BrN2O2. The van der Waals surface area contributed by atoms with Gasteiger partial charge in [-0.3, -0.25) is 0 Å². The minimum absolute atomic E-state index is 0.240. The third-order valence-corrected chi connectivity index (χ3v) is 3.08. The van der Waals surface area contributed by atoms with E-state index in [1.165, 1.54) is 6.07 Å². The van der Waals surface area contributed by atoms with Gasteiger partial charge in [0.2, 0.25) is 0 Å². The number of nitrogens with one attached hydrogen (secondary N) is 1. The first-order chi connectivity index (χ1) is 9.08. The molecule has 0 spiro atoms. The molecule has 0 saturated carbocycles. The second-order valence-electron chi connectivity index (χ2n) is 4.03. The minimum atomic E-state index is -0.950. The topological polar surface area (TPSA) is 62.2 Å². The van der Waals surface area contributed by atoms with E-state index in [0.29, 0.717) is 12.2 Å². The van der Waals surface area contributed by atoms with Crippen LogP contribution in [0.1, 0.15) is 23.0 Å². The average Bonchev–Trinajstić information content (AvgIpc) is 2.38. The van der Waals surface area contributed by atoms with Crippen LogP contribution < -0.4 is 5.32 Å². The van der Waals surface area contributed by atoms with E-state index in [4.69, 9.17) is 5.11 Å². The Labute approximate surface area is 119 Å². The van der Waals surface area contributed by atoms with E-state index in [-0.39, 0.29) is 5.56 Å². The summed E-state index contributed by atoms with van der Waals surface area (Å²) in [4.78, 5) is 15.4. The molecule has 0 unspecified atom stereocenters. The third kappa shape index (κ3) is 3.54. The largest absolute Gasteiger partial charge is 0.478 e. The molecule has 98 valence electrons. The second-order valence-corrected chi connectivity index (χ2v) is 4.94. The molecule has 0 radical (unpaired) electrons. The van der Waals surface area contributed by atoms with E-state index in [1.807, 2.05) is 31.2 Å². The predicted molar refractivity (Wildman–Crippen MR) is 78.0 cm³/mol. The number of nitrogens with zero attached hydrogens (tertiary/aromatic N) is 1. The molecule has 0 bridgehead atoms. The summed E-state index contributed by atoms with van der Waals surface area (Å²) in [7, 11) is 0. The Kier molecular flexibility index (Phi) is 4.16. The molecular weight excluding hydrogens is 308 g/mol. The first-order valence-corrected chi connectivity index (χ1v) is 6.64. The summed E-state index contributed by atoms with van der Waals surface area (Å²) in [6.07, 6.45) is 0.689. The van der Waals surface area contributed by atoms with Gasteiger partial charge in [-0.05, 0) is 36.8 Å². The highest BCUT2D eigenvalue weighted by Crippen LogP contribution is 2.20. The molecule has 0 atom stereocenters. The lowest BCUT2D eigenvalue weighted by molar-refractivity contribution is 0.0696. The highest BCUT2D eigenvalue weighted by molar-refractivity contribution is 9.10. The van der Waals surface area contributed by atoms with Crippen molar-refractivity contribution < 1.29 is 9.90 Å². The fraction of sp³-hybridized carbons (Fsp3) is 0.143. The number of carboxylic acid groups (broad SMARTS) is 1. The highest BCUT2D eigenvalue weighted by atomic mass is 79.9. The molecule has 5 heteroatoms. The Morgan fingerprint density at radius 1 is 1.37 bits per heavy atom. The van der Waals surface area contributed by atoms with Crippen LogP contribution in [0.3, 0.4) is 0 Å². The summed E-state index contributed by atoms with van der Waals surface area (Å²) >= 11 is 3.39. The second kappa shape index (κ2) is 5.84. The van der Waals surface area contributed by atoms with Gasteiger partial charge in [0, 0.05) is 15.9 Å². The molecule has 1 aromatic heterocycles. The van der Waals surface area contributed by atoms with E-state index in [2.05, 4.69) is 26.2 Å². The molecule has 19 heavy (non-hydrogen) atoms. The third-order valence-electron chi connectivity index (χ3n) is 2.58. The van der Waals surface area contributed by atoms with E-state index in [1.54, 1.807) is 6.07 Å². The Balaban J connectivity index is 2.34. The zero-order chi connectivity index (χ0) is 13.8. The van der Waals surface area contributed by atoms with Crippen molar-refractivity contribution in [3.8, 4) is 0 Å². The van der Waals surface area contributed by atoms with E-state index in [0.717, 1.165) is 15.9 Å². The number of aryl methyl sites for hydroxylation is 1. The molecule has 2 aromatic rings. The monoisotopic (exact) mass is 320 g/mol. The SMILES string of the molecule is CCc1cc(C(=O)O)cc(Nc2cccc(Br)c2)n1. The zero-order valence-corrected chi connectivity index (χ0v) is 11.9. The molecule has 1 aromatic carbocycles. The van der Waals surface area contributed by atoms with Gasteiger partial charge in [0.1, 0.15) is 5.82 Å². The lowest BCUT2D eigenvalue weighted by Crippen LogP contribution is -2.03. The summed E-state index contributed by atoms with van der Waals surface area (Å²) in [6, 6.07) is 10.7. The molecule has 0 aliphatic rings. The van der Waals surface area contributed by atoms with Gasteiger partial charge in [-0.15, -0.1) is 0 Å². The van der Waals surface area contributed by atoms with Crippen molar-refractivity contribution in [3.63, 3.8) is 0 Å². The maximum absolute atomic E-state index is 11.1. The van der Waals surface area contributed by atoms with Crippen molar-refractivity contribution in [1.29, 1.82) is 0 Å². The average molecular weight is 321 g/mol. The van der Waals surface area contributed by atoms with Crippen LogP contribution in [0.2, 0.25) is 0 Å². The van der Waals surface area contributed by atoms with Gasteiger partial charge in [-0.1, -0.05) is 28.9 Å². The van der Waals surface area contributed by atoms with Crippen molar-refractivity contribution in [1.82, 2.24) is 4.98 Å². The van der Waals surface area contributed by atoms with Crippen molar-refractivity contribution in [3.05, 3.63) is 52.1 Å². The number of halogens is 1. The fourth-order valence-corrected chi connectivity index (χ4v) is 2.07. The quantitative estimate of drug-likeness (QED) is 0.898. The van der Waals surface area contributed by atoms with Crippen LogP contribution in [0.15, 0.2) is 40.9 Å². The highest BCUT2D eigenvalue weighted by Gasteiger charge is 2.08. The number of aromatic carboxylic acids is 1.